The molecule has 0 heterocycles. The number of benzene rings is 1. The van der Waals surface area contributed by atoms with Crippen molar-refractivity contribution >= 4 is 17.6 Å². The summed E-state index contributed by atoms with van der Waals surface area (Å²) in [4.78, 5) is 24.5. The monoisotopic (exact) mass is 264 g/mol. The molecule has 0 bridgehead atoms. The van der Waals surface area contributed by atoms with Crippen LogP contribution in [-0.4, -0.2) is 29.6 Å². The molecule has 1 amide bonds. The van der Waals surface area contributed by atoms with Gasteiger partial charge in [0, 0.05) is 12.7 Å². The Hall–Kier alpha value is -1.88. The Bertz CT molecular complexity index is 466. The minimum Gasteiger partial charge on any atom is -0.478 e. The molecular formula is C14H20N2O3. The third kappa shape index (κ3) is 3.54. The number of carboxylic acid groups (broad SMARTS) is 1. The first kappa shape index (κ1) is 15.2. The Morgan fingerprint density at radius 2 is 1.84 bits per heavy atom. The fourth-order valence-corrected chi connectivity index (χ4v) is 1.95. The zero-order valence-corrected chi connectivity index (χ0v) is 11.5. The summed E-state index contributed by atoms with van der Waals surface area (Å²) in [6, 6.07) is 6.14. The van der Waals surface area contributed by atoms with Crippen molar-refractivity contribution in [3.63, 3.8) is 0 Å². The molecule has 0 saturated carbocycles. The van der Waals surface area contributed by atoms with E-state index < -0.39 is 11.5 Å². The zero-order chi connectivity index (χ0) is 14.6. The molecule has 0 saturated heterocycles. The summed E-state index contributed by atoms with van der Waals surface area (Å²) in [6.07, 6.45) is 1.42. The van der Waals surface area contributed by atoms with Crippen molar-refractivity contribution < 1.29 is 14.7 Å². The molecule has 0 aliphatic rings. The van der Waals surface area contributed by atoms with Crippen molar-refractivity contribution in [1.82, 2.24) is 0 Å². The van der Waals surface area contributed by atoms with E-state index in [1.165, 1.54) is 17.0 Å². The SMILES string of the molecule is CCCC(C)(N)C(=O)N(C)c1ccc(C(=O)O)cc1. The number of likely N-dealkylation sites (N-methyl/N-ethyl adjacent to an activating group) is 1. The number of nitrogens with zero attached hydrogens (tertiary/aromatic N) is 1. The minimum absolute atomic E-state index is 0.183. The molecule has 1 aromatic rings. The van der Waals surface area contributed by atoms with Gasteiger partial charge < -0.3 is 15.7 Å². The fourth-order valence-electron chi connectivity index (χ4n) is 1.95. The summed E-state index contributed by atoms with van der Waals surface area (Å²) in [5.41, 5.74) is 5.91. The van der Waals surface area contributed by atoms with E-state index in [0.717, 1.165) is 6.42 Å². The first-order valence-electron chi connectivity index (χ1n) is 6.20. The van der Waals surface area contributed by atoms with Crippen molar-refractivity contribution in [2.75, 3.05) is 11.9 Å². The normalized spacial score (nSPS) is 13.7. The molecule has 104 valence electrons. The van der Waals surface area contributed by atoms with Crippen LogP contribution in [0.25, 0.3) is 0 Å². The number of carbonyl (C=O) groups is 2. The molecule has 19 heavy (non-hydrogen) atoms. The van der Waals surface area contributed by atoms with Crippen molar-refractivity contribution in [1.29, 1.82) is 0 Å². The third-order valence-electron chi connectivity index (χ3n) is 3.06. The van der Waals surface area contributed by atoms with Crippen LogP contribution in [0.3, 0.4) is 0 Å². The maximum atomic E-state index is 12.3. The minimum atomic E-state index is -0.991. The highest BCUT2D eigenvalue weighted by atomic mass is 16.4. The molecule has 5 nitrogen and oxygen atoms in total. The Labute approximate surface area is 113 Å². The lowest BCUT2D eigenvalue weighted by molar-refractivity contribution is -0.123. The predicted octanol–water partition coefficient (Wildman–Crippen LogP) is 1.87. The summed E-state index contributed by atoms with van der Waals surface area (Å²) in [6.45, 7) is 3.68. The standard InChI is InChI=1S/C14H20N2O3/c1-4-9-14(2,15)13(19)16(3)11-7-5-10(6-8-11)12(17)18/h5-8H,4,9,15H2,1-3H3,(H,17,18). The second-order valence-corrected chi connectivity index (χ2v) is 4.88. The number of rotatable bonds is 5. The van der Waals surface area contributed by atoms with E-state index in [1.54, 1.807) is 26.1 Å². The van der Waals surface area contributed by atoms with Crippen molar-refractivity contribution in [3.05, 3.63) is 29.8 Å². The maximum Gasteiger partial charge on any atom is 0.335 e. The molecule has 0 aliphatic heterocycles. The quantitative estimate of drug-likeness (QED) is 0.850. The molecule has 1 rings (SSSR count). The largest absolute Gasteiger partial charge is 0.478 e. The van der Waals surface area contributed by atoms with E-state index >= 15 is 0 Å². The lowest BCUT2D eigenvalue weighted by atomic mass is 9.95. The van der Waals surface area contributed by atoms with Crippen LogP contribution in [0.5, 0.6) is 0 Å². The van der Waals surface area contributed by atoms with Crippen LogP contribution in [0.15, 0.2) is 24.3 Å². The number of hydrogen-bond donors (Lipinski definition) is 2. The highest BCUT2D eigenvalue weighted by Crippen LogP contribution is 2.19. The van der Waals surface area contributed by atoms with Crippen LogP contribution in [0.4, 0.5) is 5.69 Å². The van der Waals surface area contributed by atoms with E-state index in [-0.39, 0.29) is 11.5 Å². The van der Waals surface area contributed by atoms with Crippen LogP contribution >= 0.6 is 0 Å². The lowest BCUT2D eigenvalue weighted by Gasteiger charge is -2.29. The van der Waals surface area contributed by atoms with E-state index in [1.807, 2.05) is 6.92 Å². The van der Waals surface area contributed by atoms with Crippen LogP contribution < -0.4 is 10.6 Å². The average Bonchev–Trinajstić information content (AvgIpc) is 2.37. The summed E-state index contributed by atoms with van der Waals surface area (Å²) in [5.74, 6) is -1.17. The van der Waals surface area contributed by atoms with Crippen LogP contribution in [0.2, 0.25) is 0 Å². The molecule has 0 aliphatic carbocycles. The van der Waals surface area contributed by atoms with Gasteiger partial charge in [-0.1, -0.05) is 13.3 Å². The van der Waals surface area contributed by atoms with Gasteiger partial charge in [-0.2, -0.15) is 0 Å². The van der Waals surface area contributed by atoms with E-state index in [2.05, 4.69) is 0 Å². The van der Waals surface area contributed by atoms with Gasteiger partial charge in [-0.25, -0.2) is 4.79 Å². The molecule has 0 spiro atoms. The summed E-state index contributed by atoms with van der Waals surface area (Å²) in [7, 11) is 1.64. The van der Waals surface area contributed by atoms with Crippen LogP contribution in [0, 0.1) is 0 Å². The Morgan fingerprint density at radius 3 is 2.26 bits per heavy atom. The number of hydrogen-bond acceptors (Lipinski definition) is 3. The van der Waals surface area contributed by atoms with Gasteiger partial charge in [-0.05, 0) is 37.6 Å². The number of carboxylic acids is 1. The molecule has 0 fully saturated rings. The topological polar surface area (TPSA) is 83.6 Å². The number of aromatic carboxylic acids is 1. The average molecular weight is 264 g/mol. The number of nitrogens with two attached hydrogens (primary N) is 1. The van der Waals surface area contributed by atoms with Gasteiger partial charge in [0.25, 0.3) is 0 Å². The number of carbonyl (C=O) groups excluding carboxylic acids is 1. The van der Waals surface area contributed by atoms with Gasteiger partial charge in [0.1, 0.15) is 0 Å². The Morgan fingerprint density at radius 1 is 1.32 bits per heavy atom. The van der Waals surface area contributed by atoms with E-state index in [0.29, 0.717) is 12.1 Å². The predicted molar refractivity (Wildman–Crippen MR) is 74.3 cm³/mol. The summed E-state index contributed by atoms with van der Waals surface area (Å²) >= 11 is 0. The maximum absolute atomic E-state index is 12.3. The highest BCUT2D eigenvalue weighted by molar-refractivity contribution is 5.99. The van der Waals surface area contributed by atoms with Gasteiger partial charge in [-0.3, -0.25) is 4.79 Å². The molecule has 1 unspecified atom stereocenters. The van der Waals surface area contributed by atoms with Gasteiger partial charge in [0.05, 0.1) is 11.1 Å². The van der Waals surface area contributed by atoms with Gasteiger partial charge in [0.2, 0.25) is 5.91 Å². The molecule has 3 N–H and O–H groups in total. The number of anilines is 1. The smallest absolute Gasteiger partial charge is 0.335 e. The number of amides is 1. The van der Waals surface area contributed by atoms with Crippen molar-refractivity contribution in [3.8, 4) is 0 Å². The van der Waals surface area contributed by atoms with Gasteiger partial charge in [0.15, 0.2) is 0 Å². The lowest BCUT2D eigenvalue weighted by Crippen LogP contribution is -2.52. The second kappa shape index (κ2) is 5.84. The summed E-state index contributed by atoms with van der Waals surface area (Å²) < 4.78 is 0. The highest BCUT2D eigenvalue weighted by Gasteiger charge is 2.30. The molecule has 1 aromatic carbocycles. The summed E-state index contributed by atoms with van der Waals surface area (Å²) in [5, 5.41) is 8.82. The van der Waals surface area contributed by atoms with Crippen molar-refractivity contribution in [2.45, 2.75) is 32.2 Å². The van der Waals surface area contributed by atoms with Crippen LogP contribution in [0.1, 0.15) is 37.0 Å². The van der Waals surface area contributed by atoms with E-state index in [4.69, 9.17) is 10.8 Å². The first-order valence-corrected chi connectivity index (χ1v) is 6.20. The molecule has 0 aromatic heterocycles. The third-order valence-corrected chi connectivity index (χ3v) is 3.06. The molecule has 5 heteroatoms. The second-order valence-electron chi connectivity index (χ2n) is 4.88. The molecule has 1 atom stereocenters. The van der Waals surface area contributed by atoms with Crippen molar-refractivity contribution in [2.24, 2.45) is 5.73 Å². The Kier molecular flexibility index (Phi) is 4.67. The molecule has 0 radical (unpaired) electrons. The van der Waals surface area contributed by atoms with Crippen LogP contribution in [-0.2, 0) is 4.79 Å². The van der Waals surface area contributed by atoms with Gasteiger partial charge >= 0.3 is 5.97 Å². The van der Waals surface area contributed by atoms with E-state index in [9.17, 15) is 9.59 Å². The zero-order valence-electron chi connectivity index (χ0n) is 11.5. The Balaban J connectivity index is 2.91. The molecular weight excluding hydrogens is 244 g/mol. The first-order chi connectivity index (χ1) is 8.79. The fraction of sp³-hybridized carbons (Fsp3) is 0.429. The van der Waals surface area contributed by atoms with Gasteiger partial charge in [-0.15, -0.1) is 0 Å².